The van der Waals surface area contributed by atoms with Crippen molar-refractivity contribution in [2.45, 2.75) is 25.4 Å². The molecule has 1 unspecified atom stereocenters. The first-order valence-corrected chi connectivity index (χ1v) is 9.70. The van der Waals surface area contributed by atoms with Crippen LogP contribution in [0.25, 0.3) is 10.9 Å². The van der Waals surface area contributed by atoms with E-state index in [1.165, 1.54) is 6.07 Å². The number of nitriles is 1. The number of amides is 1. The lowest BCUT2D eigenvalue weighted by atomic mass is 9.71. The van der Waals surface area contributed by atoms with Gasteiger partial charge in [-0.2, -0.15) is 5.26 Å². The number of benzene rings is 2. The number of nitrogens with zero attached hydrogens (tertiary/aromatic N) is 1. The molecule has 1 heterocycles. The standard InChI is InChI=1S/C23H21N3O5/c1-23(2)16-7-13(31-10-12(28)9-27)4-6-14(16)20(29)18-15-5-3-11(8-24)17(22(25)30)19(15)26-21(18)23/h3-7,12,26-28H,9-10H2,1-2H3,(H2,25,30). The van der Waals surface area contributed by atoms with E-state index in [9.17, 15) is 20.0 Å². The molecule has 2 aromatic carbocycles. The molecule has 1 aliphatic rings. The van der Waals surface area contributed by atoms with E-state index >= 15 is 0 Å². The van der Waals surface area contributed by atoms with Crippen molar-refractivity contribution in [2.24, 2.45) is 5.73 Å². The number of aromatic amines is 1. The Labute approximate surface area is 177 Å². The van der Waals surface area contributed by atoms with Gasteiger partial charge in [0.1, 0.15) is 24.5 Å². The Bertz CT molecular complexity index is 1280. The molecule has 4 rings (SSSR count). The zero-order valence-electron chi connectivity index (χ0n) is 17.0. The zero-order chi connectivity index (χ0) is 22.5. The zero-order valence-corrected chi connectivity index (χ0v) is 17.0. The van der Waals surface area contributed by atoms with Gasteiger partial charge in [0.15, 0.2) is 5.78 Å². The normalized spacial score (nSPS) is 15.1. The van der Waals surface area contributed by atoms with Crippen molar-refractivity contribution in [1.82, 2.24) is 4.98 Å². The third-order valence-electron chi connectivity index (χ3n) is 5.76. The van der Waals surface area contributed by atoms with E-state index in [1.807, 2.05) is 19.9 Å². The second kappa shape index (κ2) is 7.23. The molecule has 0 saturated heterocycles. The predicted octanol–water partition coefficient (Wildman–Crippen LogP) is 1.74. The van der Waals surface area contributed by atoms with Gasteiger partial charge in [0, 0.05) is 22.1 Å². The number of primary amides is 1. The summed E-state index contributed by atoms with van der Waals surface area (Å²) in [5.74, 6) is -0.504. The number of aromatic nitrogens is 1. The summed E-state index contributed by atoms with van der Waals surface area (Å²) in [7, 11) is 0. The number of carbonyl (C=O) groups is 2. The fourth-order valence-corrected chi connectivity index (χ4v) is 4.16. The second-order valence-corrected chi connectivity index (χ2v) is 8.07. The van der Waals surface area contributed by atoms with Crippen molar-refractivity contribution in [1.29, 1.82) is 5.26 Å². The van der Waals surface area contributed by atoms with Gasteiger partial charge in [0.25, 0.3) is 5.91 Å². The molecule has 1 atom stereocenters. The summed E-state index contributed by atoms with van der Waals surface area (Å²) in [4.78, 5) is 28.7. The molecule has 0 aliphatic heterocycles. The van der Waals surface area contributed by atoms with Crippen LogP contribution in [-0.2, 0) is 5.41 Å². The van der Waals surface area contributed by atoms with Gasteiger partial charge < -0.3 is 25.7 Å². The largest absolute Gasteiger partial charge is 0.491 e. The number of fused-ring (bicyclic) bond motifs is 4. The highest BCUT2D eigenvalue weighted by molar-refractivity contribution is 6.22. The van der Waals surface area contributed by atoms with E-state index < -0.39 is 24.0 Å². The number of nitrogens with two attached hydrogens (primary N) is 1. The first kappa shape index (κ1) is 20.6. The molecule has 8 heteroatoms. The molecule has 0 saturated carbocycles. The van der Waals surface area contributed by atoms with E-state index in [0.29, 0.717) is 39.0 Å². The van der Waals surface area contributed by atoms with Gasteiger partial charge in [-0.05, 0) is 29.8 Å². The maximum Gasteiger partial charge on any atom is 0.252 e. The highest BCUT2D eigenvalue weighted by atomic mass is 16.5. The van der Waals surface area contributed by atoms with Crippen molar-refractivity contribution in [2.75, 3.05) is 13.2 Å². The average Bonchev–Trinajstić information content (AvgIpc) is 3.15. The Morgan fingerprint density at radius 3 is 2.71 bits per heavy atom. The molecule has 1 aliphatic carbocycles. The van der Waals surface area contributed by atoms with Crippen LogP contribution >= 0.6 is 0 Å². The third kappa shape index (κ3) is 3.06. The van der Waals surface area contributed by atoms with Crippen LogP contribution in [0.1, 0.15) is 56.9 Å². The first-order chi connectivity index (χ1) is 14.7. The number of ether oxygens (including phenoxy) is 1. The monoisotopic (exact) mass is 419 g/mol. The van der Waals surface area contributed by atoms with Gasteiger partial charge >= 0.3 is 0 Å². The number of aliphatic hydroxyl groups excluding tert-OH is 2. The topological polar surface area (TPSA) is 149 Å². The van der Waals surface area contributed by atoms with E-state index in [1.54, 1.807) is 24.3 Å². The Hall–Kier alpha value is -3.67. The number of hydrogen-bond donors (Lipinski definition) is 4. The van der Waals surface area contributed by atoms with E-state index in [4.69, 9.17) is 15.6 Å². The summed E-state index contributed by atoms with van der Waals surface area (Å²) in [6, 6.07) is 10.2. The van der Waals surface area contributed by atoms with Crippen molar-refractivity contribution in [3.05, 3.63) is 63.8 Å². The van der Waals surface area contributed by atoms with Crippen LogP contribution in [0.2, 0.25) is 0 Å². The van der Waals surface area contributed by atoms with Crippen LogP contribution < -0.4 is 10.5 Å². The van der Waals surface area contributed by atoms with Crippen molar-refractivity contribution >= 4 is 22.6 Å². The summed E-state index contributed by atoms with van der Waals surface area (Å²) in [6.07, 6.45) is -1.01. The van der Waals surface area contributed by atoms with Crippen LogP contribution in [-0.4, -0.2) is 46.2 Å². The van der Waals surface area contributed by atoms with Gasteiger partial charge in [0.2, 0.25) is 0 Å². The summed E-state index contributed by atoms with van der Waals surface area (Å²) in [6.45, 7) is 3.38. The van der Waals surface area contributed by atoms with E-state index in [-0.39, 0.29) is 23.5 Å². The molecule has 0 fully saturated rings. The van der Waals surface area contributed by atoms with Crippen LogP contribution in [0.15, 0.2) is 30.3 Å². The van der Waals surface area contributed by atoms with Gasteiger partial charge in [0.05, 0.1) is 28.8 Å². The van der Waals surface area contributed by atoms with Gasteiger partial charge in [-0.1, -0.05) is 19.9 Å². The molecular formula is C23H21N3O5. The number of aliphatic hydroxyl groups is 2. The number of rotatable bonds is 5. The van der Waals surface area contributed by atoms with E-state index in [0.717, 1.165) is 0 Å². The highest BCUT2D eigenvalue weighted by Gasteiger charge is 2.40. The van der Waals surface area contributed by atoms with Gasteiger partial charge in [-0.3, -0.25) is 9.59 Å². The maximum atomic E-state index is 13.4. The van der Waals surface area contributed by atoms with Gasteiger partial charge in [-0.25, -0.2) is 0 Å². The molecule has 31 heavy (non-hydrogen) atoms. The molecular weight excluding hydrogens is 398 g/mol. The lowest BCUT2D eigenvalue weighted by molar-refractivity contribution is 0.0535. The minimum Gasteiger partial charge on any atom is -0.491 e. The maximum absolute atomic E-state index is 13.4. The molecule has 3 aromatic rings. The summed E-state index contributed by atoms with van der Waals surface area (Å²) in [5, 5.41) is 28.4. The van der Waals surface area contributed by atoms with Crippen LogP contribution in [0.3, 0.4) is 0 Å². The lowest BCUT2D eigenvalue weighted by Gasteiger charge is -2.32. The fourth-order valence-electron chi connectivity index (χ4n) is 4.16. The molecule has 1 aromatic heterocycles. The first-order valence-electron chi connectivity index (χ1n) is 9.70. The smallest absolute Gasteiger partial charge is 0.252 e. The van der Waals surface area contributed by atoms with Crippen molar-refractivity contribution in [3.63, 3.8) is 0 Å². The average molecular weight is 419 g/mol. The van der Waals surface area contributed by atoms with Crippen molar-refractivity contribution in [3.8, 4) is 11.8 Å². The Morgan fingerprint density at radius 1 is 1.32 bits per heavy atom. The summed E-state index contributed by atoms with van der Waals surface area (Å²) >= 11 is 0. The quantitative estimate of drug-likeness (QED) is 0.495. The van der Waals surface area contributed by atoms with Crippen LogP contribution in [0.4, 0.5) is 0 Å². The number of ketones is 1. The Morgan fingerprint density at radius 2 is 2.06 bits per heavy atom. The minimum absolute atomic E-state index is 0.0593. The highest BCUT2D eigenvalue weighted by Crippen LogP contribution is 2.45. The van der Waals surface area contributed by atoms with Crippen LogP contribution in [0, 0.1) is 11.3 Å². The molecule has 1 amide bonds. The molecule has 8 nitrogen and oxygen atoms in total. The number of carbonyl (C=O) groups excluding carboxylic acids is 2. The molecule has 0 spiro atoms. The van der Waals surface area contributed by atoms with Gasteiger partial charge in [-0.15, -0.1) is 0 Å². The molecule has 158 valence electrons. The Balaban J connectivity index is 1.91. The number of nitrogens with one attached hydrogen (secondary N) is 1. The minimum atomic E-state index is -1.01. The summed E-state index contributed by atoms with van der Waals surface area (Å²) < 4.78 is 5.55. The van der Waals surface area contributed by atoms with E-state index in [2.05, 4.69) is 4.98 Å². The Kier molecular flexibility index (Phi) is 4.81. The third-order valence-corrected chi connectivity index (χ3v) is 5.76. The van der Waals surface area contributed by atoms with Crippen molar-refractivity contribution < 1.29 is 24.5 Å². The fraction of sp³-hybridized carbons (Fsp3) is 0.261. The summed E-state index contributed by atoms with van der Waals surface area (Å²) in [5.41, 5.74) is 7.73. The number of H-pyrrole nitrogens is 1. The predicted molar refractivity (Wildman–Crippen MR) is 112 cm³/mol. The molecule has 0 radical (unpaired) electrons. The molecule has 5 N–H and O–H groups in total. The molecule has 0 bridgehead atoms. The SMILES string of the molecule is CC1(C)c2cc(OCC(O)CO)ccc2C(=O)c2c1[nH]c1c(C(N)=O)c(C#N)ccc21. The number of hydrogen-bond acceptors (Lipinski definition) is 6. The lowest BCUT2D eigenvalue weighted by Crippen LogP contribution is -2.30. The van der Waals surface area contributed by atoms with Crippen LogP contribution in [0.5, 0.6) is 5.75 Å². The second-order valence-electron chi connectivity index (χ2n) is 8.07.